The number of nitrogens with zero attached hydrogens (tertiary/aromatic N) is 4. The van der Waals surface area contributed by atoms with Crippen molar-refractivity contribution in [2.75, 3.05) is 0 Å². The first-order chi connectivity index (χ1) is 12.5. The lowest BCUT2D eigenvalue weighted by Crippen LogP contribution is -2.38. The third-order valence-electron chi connectivity index (χ3n) is 3.58. The molecule has 0 aliphatic carbocycles. The monoisotopic (exact) mass is 421 g/mol. The van der Waals surface area contributed by atoms with Crippen LogP contribution in [-0.4, -0.2) is 34.0 Å². The lowest BCUT2D eigenvalue weighted by Gasteiger charge is -2.21. The molecule has 3 aromatic rings. The number of sulfonamides is 1. The third kappa shape index (κ3) is 3.82. The van der Waals surface area contributed by atoms with Crippen LogP contribution < -0.4 is 10.4 Å². The Kier molecular flexibility index (Phi) is 4.74. The van der Waals surface area contributed by atoms with E-state index in [2.05, 4.69) is 10.2 Å². The Bertz CT molecular complexity index is 1160. The van der Waals surface area contributed by atoms with Gasteiger partial charge in [0.05, 0.1) is 0 Å². The Balaban J connectivity index is 2.03. The van der Waals surface area contributed by atoms with Crippen LogP contribution in [0.2, 0.25) is 5.02 Å². The average molecular weight is 422 g/mol. The largest absolute Gasteiger partial charge is 0.408 e. The maximum atomic E-state index is 13.4. The molecule has 0 fully saturated rings. The van der Waals surface area contributed by atoms with Gasteiger partial charge in [-0.3, -0.25) is 0 Å². The van der Waals surface area contributed by atoms with E-state index < -0.39 is 33.0 Å². The summed E-state index contributed by atoms with van der Waals surface area (Å²) in [5.41, 5.74) is -1.05. The summed E-state index contributed by atoms with van der Waals surface area (Å²) in [5, 5.41) is 6.82. The van der Waals surface area contributed by atoms with E-state index in [9.17, 15) is 26.4 Å². The van der Waals surface area contributed by atoms with E-state index in [1.165, 1.54) is 19.2 Å². The number of aromatic nitrogens is 4. The second-order valence-electron chi connectivity index (χ2n) is 5.50. The predicted octanol–water partition coefficient (Wildman–Crippen LogP) is 1.66. The highest BCUT2D eigenvalue weighted by atomic mass is 35.5. The van der Waals surface area contributed by atoms with Gasteiger partial charge < -0.3 is 0 Å². The molecule has 8 nitrogen and oxygen atoms in total. The quantitative estimate of drug-likeness (QED) is 0.691. The van der Waals surface area contributed by atoms with Gasteiger partial charge in [0, 0.05) is 12.1 Å². The Labute approximate surface area is 155 Å². The van der Waals surface area contributed by atoms with Crippen molar-refractivity contribution in [2.45, 2.75) is 17.2 Å². The van der Waals surface area contributed by atoms with Gasteiger partial charge in [-0.05, 0) is 29.8 Å². The van der Waals surface area contributed by atoms with Gasteiger partial charge >= 0.3 is 11.9 Å². The molecule has 0 radical (unpaired) electrons. The summed E-state index contributed by atoms with van der Waals surface area (Å²) < 4.78 is 68.3. The highest BCUT2D eigenvalue weighted by molar-refractivity contribution is 7.89. The standard InChI is InChI=1S/C14H11ClF3N5O3S/c1-22-13(24)23-10(19-22)6-7-11(20-23)27(25,26)21-12(14(16,17)18)8-2-4-9(15)5-3-8/h2-7,12,21H,1H3/t12-/m1/s1. The predicted molar refractivity (Wildman–Crippen MR) is 88.8 cm³/mol. The smallest absolute Gasteiger partial charge is 0.244 e. The van der Waals surface area contributed by atoms with E-state index in [0.717, 1.165) is 28.9 Å². The van der Waals surface area contributed by atoms with Gasteiger partial charge in [-0.25, -0.2) is 17.9 Å². The van der Waals surface area contributed by atoms with Gasteiger partial charge in [-0.2, -0.15) is 22.4 Å². The summed E-state index contributed by atoms with van der Waals surface area (Å²) >= 11 is 5.66. The fourth-order valence-corrected chi connectivity index (χ4v) is 3.55. The highest BCUT2D eigenvalue weighted by Gasteiger charge is 2.43. The van der Waals surface area contributed by atoms with Crippen LogP contribution in [0.4, 0.5) is 13.2 Å². The van der Waals surface area contributed by atoms with Crippen LogP contribution in [0.3, 0.4) is 0 Å². The molecule has 1 aromatic carbocycles. The molecule has 13 heteroatoms. The SMILES string of the molecule is Cn1nc2ccc(S(=O)(=O)N[C@H](c3ccc(Cl)cc3)C(F)(F)F)nn2c1=O. The molecular weight excluding hydrogens is 411 g/mol. The number of hydrogen-bond acceptors (Lipinski definition) is 5. The van der Waals surface area contributed by atoms with Crippen LogP contribution in [0.1, 0.15) is 11.6 Å². The lowest BCUT2D eigenvalue weighted by atomic mass is 10.1. The number of nitrogens with one attached hydrogen (secondary N) is 1. The van der Waals surface area contributed by atoms with Gasteiger partial charge in [0.15, 0.2) is 10.7 Å². The Morgan fingerprint density at radius 1 is 1.11 bits per heavy atom. The maximum Gasteiger partial charge on any atom is 0.408 e. The second kappa shape index (κ2) is 6.62. The molecule has 27 heavy (non-hydrogen) atoms. The molecule has 0 aliphatic heterocycles. The van der Waals surface area contributed by atoms with Crippen molar-refractivity contribution in [3.63, 3.8) is 0 Å². The molecule has 144 valence electrons. The summed E-state index contributed by atoms with van der Waals surface area (Å²) in [6.45, 7) is 0. The van der Waals surface area contributed by atoms with Crippen LogP contribution in [0, 0.1) is 0 Å². The number of hydrogen-bond donors (Lipinski definition) is 1. The van der Waals surface area contributed by atoms with Crippen molar-refractivity contribution in [3.8, 4) is 0 Å². The summed E-state index contributed by atoms with van der Waals surface area (Å²) in [4.78, 5) is 11.8. The van der Waals surface area contributed by atoms with Crippen molar-refractivity contribution < 1.29 is 21.6 Å². The van der Waals surface area contributed by atoms with E-state index in [1.807, 2.05) is 0 Å². The van der Waals surface area contributed by atoms with Gasteiger partial charge in [-0.15, -0.1) is 10.2 Å². The number of benzene rings is 1. The molecule has 0 spiro atoms. The minimum Gasteiger partial charge on any atom is -0.244 e. The fourth-order valence-electron chi connectivity index (χ4n) is 2.29. The molecule has 3 rings (SSSR count). The summed E-state index contributed by atoms with van der Waals surface area (Å²) in [6, 6.07) is 4.14. The third-order valence-corrected chi connectivity index (χ3v) is 5.15. The number of aryl methyl sites for hydroxylation is 1. The Morgan fingerprint density at radius 3 is 2.33 bits per heavy atom. The van der Waals surface area contributed by atoms with Crippen molar-refractivity contribution in [3.05, 3.63) is 57.5 Å². The molecule has 2 heterocycles. The zero-order chi connectivity index (χ0) is 20.0. The van der Waals surface area contributed by atoms with Crippen LogP contribution in [0.25, 0.3) is 5.65 Å². The first-order valence-electron chi connectivity index (χ1n) is 7.26. The van der Waals surface area contributed by atoms with E-state index in [4.69, 9.17) is 11.6 Å². The number of halogens is 4. The molecule has 2 aromatic heterocycles. The van der Waals surface area contributed by atoms with Crippen LogP contribution >= 0.6 is 11.6 Å². The fraction of sp³-hybridized carbons (Fsp3) is 0.214. The maximum absolute atomic E-state index is 13.4. The van der Waals surface area contributed by atoms with Crippen LogP contribution in [0.15, 0.2) is 46.2 Å². The number of alkyl halides is 3. The topological polar surface area (TPSA) is 98.4 Å². The summed E-state index contributed by atoms with van der Waals surface area (Å²) in [7, 11) is -3.39. The number of fused-ring (bicyclic) bond motifs is 1. The second-order valence-corrected chi connectivity index (χ2v) is 7.59. The van der Waals surface area contributed by atoms with Gasteiger partial charge in [0.2, 0.25) is 0 Å². The van der Waals surface area contributed by atoms with Crippen molar-refractivity contribution in [1.82, 2.24) is 24.1 Å². The molecular formula is C14H11ClF3N5O3S. The minimum atomic E-state index is -4.92. The first kappa shape index (κ1) is 19.3. The van der Waals surface area contributed by atoms with Crippen molar-refractivity contribution >= 4 is 27.3 Å². The molecule has 0 bridgehead atoms. The molecule has 0 aliphatic rings. The first-order valence-corrected chi connectivity index (χ1v) is 9.13. The Hall–Kier alpha value is -2.44. The molecule has 1 N–H and O–H groups in total. The van der Waals surface area contributed by atoms with E-state index in [-0.39, 0.29) is 16.2 Å². The zero-order valence-corrected chi connectivity index (χ0v) is 15.0. The highest BCUT2D eigenvalue weighted by Crippen LogP contribution is 2.34. The molecule has 0 amide bonds. The summed E-state index contributed by atoms with van der Waals surface area (Å²) in [5.74, 6) is 0. The Morgan fingerprint density at radius 2 is 1.74 bits per heavy atom. The molecule has 1 atom stereocenters. The zero-order valence-electron chi connectivity index (χ0n) is 13.5. The normalized spacial score (nSPS) is 13.8. The number of rotatable bonds is 4. The van der Waals surface area contributed by atoms with E-state index in [0.29, 0.717) is 4.52 Å². The lowest BCUT2D eigenvalue weighted by molar-refractivity contribution is -0.153. The molecule has 0 unspecified atom stereocenters. The van der Waals surface area contributed by atoms with E-state index >= 15 is 0 Å². The van der Waals surface area contributed by atoms with Gasteiger partial charge in [-0.1, -0.05) is 23.7 Å². The van der Waals surface area contributed by atoms with Crippen molar-refractivity contribution in [1.29, 1.82) is 0 Å². The van der Waals surface area contributed by atoms with Crippen molar-refractivity contribution in [2.24, 2.45) is 7.05 Å². The minimum absolute atomic E-state index is 0.0477. The average Bonchev–Trinajstić information content (AvgIpc) is 2.87. The van der Waals surface area contributed by atoms with Gasteiger partial charge in [0.25, 0.3) is 10.0 Å². The van der Waals surface area contributed by atoms with Gasteiger partial charge in [0.1, 0.15) is 6.04 Å². The molecule has 0 saturated carbocycles. The van der Waals surface area contributed by atoms with Crippen LogP contribution in [-0.2, 0) is 17.1 Å². The van der Waals surface area contributed by atoms with E-state index in [1.54, 1.807) is 4.72 Å². The van der Waals surface area contributed by atoms with Crippen LogP contribution in [0.5, 0.6) is 0 Å². The summed E-state index contributed by atoms with van der Waals surface area (Å²) in [6.07, 6.45) is -4.92. The molecule has 0 saturated heterocycles.